The van der Waals surface area contributed by atoms with Crippen LogP contribution in [0.15, 0.2) is 36.7 Å². The second-order valence-electron chi connectivity index (χ2n) is 8.16. The van der Waals surface area contributed by atoms with Gasteiger partial charge in [-0.2, -0.15) is 5.10 Å². The fraction of sp³-hybridized carbons (Fsp3) is 0.545. The first-order chi connectivity index (χ1) is 14.1. The van der Waals surface area contributed by atoms with Crippen LogP contribution in [-0.4, -0.2) is 52.9 Å². The molecule has 0 radical (unpaired) electrons. The average molecular weight is 400 g/mol. The van der Waals surface area contributed by atoms with Crippen molar-refractivity contribution in [1.82, 2.24) is 14.7 Å². The smallest absolute Gasteiger partial charge is 0.255 e. The molecule has 0 spiro atoms. The van der Waals surface area contributed by atoms with E-state index < -0.39 is 5.82 Å². The van der Waals surface area contributed by atoms with E-state index in [2.05, 4.69) is 15.3 Å². The first-order valence-electron chi connectivity index (χ1n) is 10.5. The number of amides is 1. The van der Waals surface area contributed by atoms with E-state index in [4.69, 9.17) is 4.74 Å². The predicted octanol–water partition coefficient (Wildman–Crippen LogP) is 3.87. The minimum atomic E-state index is -0.425. The number of carbonyl (C=O) groups is 1. The molecule has 1 N–H and O–H groups in total. The number of nitrogens with zero attached hydrogens (tertiary/aromatic N) is 3. The summed E-state index contributed by atoms with van der Waals surface area (Å²) in [6.45, 7) is 1.69. The molecule has 2 atom stereocenters. The Morgan fingerprint density at radius 2 is 2.10 bits per heavy atom. The summed E-state index contributed by atoms with van der Waals surface area (Å²) in [5, 5.41) is 7.31. The minimum Gasteiger partial charge on any atom is -0.383 e. The first kappa shape index (κ1) is 20.0. The fourth-order valence-corrected chi connectivity index (χ4v) is 4.76. The number of rotatable bonds is 6. The highest BCUT2D eigenvalue weighted by Crippen LogP contribution is 2.34. The van der Waals surface area contributed by atoms with Crippen LogP contribution in [0.3, 0.4) is 0 Å². The zero-order chi connectivity index (χ0) is 20.2. The summed E-state index contributed by atoms with van der Waals surface area (Å²) in [4.78, 5) is 15.0. The van der Waals surface area contributed by atoms with Gasteiger partial charge in [-0.1, -0.05) is 25.3 Å². The molecule has 4 rings (SSSR count). The molecule has 29 heavy (non-hydrogen) atoms. The van der Waals surface area contributed by atoms with Crippen molar-refractivity contribution in [3.05, 3.63) is 48.0 Å². The van der Waals surface area contributed by atoms with E-state index in [1.54, 1.807) is 19.4 Å². The van der Waals surface area contributed by atoms with Crippen LogP contribution in [0.25, 0.3) is 0 Å². The van der Waals surface area contributed by atoms with Crippen molar-refractivity contribution in [2.75, 3.05) is 25.6 Å². The highest BCUT2D eigenvalue weighted by Gasteiger charge is 2.37. The number of likely N-dealkylation sites (tertiary alicyclic amines) is 1. The molecule has 2 fully saturated rings. The summed E-state index contributed by atoms with van der Waals surface area (Å²) >= 11 is 0. The van der Waals surface area contributed by atoms with Gasteiger partial charge in [0.25, 0.3) is 5.91 Å². The van der Waals surface area contributed by atoms with E-state index >= 15 is 0 Å². The Bertz CT molecular complexity index is 834. The summed E-state index contributed by atoms with van der Waals surface area (Å²) in [7, 11) is 1.76. The van der Waals surface area contributed by atoms with Gasteiger partial charge >= 0.3 is 0 Å². The fourth-order valence-electron chi connectivity index (χ4n) is 4.76. The molecule has 6 nitrogen and oxygen atoms in total. The maximum atomic E-state index is 13.4. The average Bonchev–Trinajstić information content (AvgIpc) is 3.36. The summed E-state index contributed by atoms with van der Waals surface area (Å²) in [6, 6.07) is 6.98. The lowest BCUT2D eigenvalue weighted by Crippen LogP contribution is -2.42. The van der Waals surface area contributed by atoms with E-state index in [-0.39, 0.29) is 11.9 Å². The van der Waals surface area contributed by atoms with Crippen molar-refractivity contribution in [2.24, 2.45) is 0 Å². The summed E-state index contributed by atoms with van der Waals surface area (Å²) in [5.41, 5.74) is 0.918. The Kier molecular flexibility index (Phi) is 6.25. The number of hydrogen-bond donors (Lipinski definition) is 1. The van der Waals surface area contributed by atoms with Gasteiger partial charge in [0.2, 0.25) is 0 Å². The summed E-state index contributed by atoms with van der Waals surface area (Å²) in [6.07, 6.45) is 11.0. The number of carbonyl (C=O) groups excluding carboxylic acids is 1. The quantitative estimate of drug-likeness (QED) is 0.800. The molecule has 1 amide bonds. The van der Waals surface area contributed by atoms with Gasteiger partial charge in [0.05, 0.1) is 24.5 Å². The second kappa shape index (κ2) is 9.05. The number of nitrogens with one attached hydrogen (secondary N) is 1. The standard InChI is InChI=1S/C22H29FN4O2/c1-29-15-21-11-20(14-26(21)19-8-3-2-4-9-19)27-13-18(12-24-27)25-22(28)16-6-5-7-17(23)10-16/h5-7,10,12-13,19-21H,2-4,8-9,11,14-15H2,1H3,(H,25,28)/t20-,21-/m0/s1. The normalized spacial score (nSPS) is 23.4. The topological polar surface area (TPSA) is 59.4 Å². The molecule has 2 aliphatic rings. The van der Waals surface area contributed by atoms with Crippen molar-refractivity contribution in [1.29, 1.82) is 0 Å². The Balaban J connectivity index is 1.42. The van der Waals surface area contributed by atoms with Crippen LogP contribution in [0.5, 0.6) is 0 Å². The summed E-state index contributed by atoms with van der Waals surface area (Å²) < 4.78 is 20.8. The van der Waals surface area contributed by atoms with Crippen molar-refractivity contribution in [2.45, 2.75) is 56.7 Å². The molecule has 1 saturated heterocycles. The number of ether oxygens (including phenoxy) is 1. The molecule has 1 aliphatic heterocycles. The molecule has 1 saturated carbocycles. The third-order valence-corrected chi connectivity index (χ3v) is 6.16. The first-order valence-corrected chi connectivity index (χ1v) is 10.5. The predicted molar refractivity (Wildman–Crippen MR) is 109 cm³/mol. The van der Waals surface area contributed by atoms with Crippen molar-refractivity contribution in [3.8, 4) is 0 Å². The molecule has 156 valence electrons. The highest BCUT2D eigenvalue weighted by atomic mass is 19.1. The van der Waals surface area contributed by atoms with E-state index in [9.17, 15) is 9.18 Å². The third-order valence-electron chi connectivity index (χ3n) is 6.16. The minimum absolute atomic E-state index is 0.261. The van der Waals surface area contributed by atoms with Gasteiger partial charge in [0.15, 0.2) is 0 Å². The van der Waals surface area contributed by atoms with Gasteiger partial charge in [0.1, 0.15) is 5.82 Å². The van der Waals surface area contributed by atoms with Crippen LogP contribution in [-0.2, 0) is 4.74 Å². The Labute approximate surface area is 171 Å². The zero-order valence-electron chi connectivity index (χ0n) is 16.9. The van der Waals surface area contributed by atoms with Gasteiger partial charge in [-0.05, 0) is 37.5 Å². The van der Waals surface area contributed by atoms with Crippen molar-refractivity contribution >= 4 is 11.6 Å². The maximum Gasteiger partial charge on any atom is 0.255 e. The SMILES string of the molecule is COC[C@@H]1C[C@H](n2cc(NC(=O)c3cccc(F)c3)cn2)CN1C1CCCCC1. The lowest BCUT2D eigenvalue weighted by Gasteiger charge is -2.35. The molecular formula is C22H29FN4O2. The van der Waals surface area contributed by atoms with Gasteiger partial charge in [-0.3, -0.25) is 14.4 Å². The number of halogens is 1. The molecule has 1 aromatic carbocycles. The van der Waals surface area contributed by atoms with Crippen LogP contribution < -0.4 is 5.32 Å². The van der Waals surface area contributed by atoms with E-state index in [0.717, 1.165) is 19.6 Å². The molecule has 0 bridgehead atoms. The molecule has 7 heteroatoms. The number of methoxy groups -OCH3 is 1. The Morgan fingerprint density at radius 1 is 1.28 bits per heavy atom. The molecule has 1 aliphatic carbocycles. The maximum absolute atomic E-state index is 13.4. The second-order valence-corrected chi connectivity index (χ2v) is 8.16. The van der Waals surface area contributed by atoms with Crippen LogP contribution in [0.2, 0.25) is 0 Å². The van der Waals surface area contributed by atoms with Gasteiger partial charge in [0, 0.05) is 37.5 Å². The van der Waals surface area contributed by atoms with Gasteiger partial charge in [-0.25, -0.2) is 4.39 Å². The van der Waals surface area contributed by atoms with E-state index in [1.165, 1.54) is 50.3 Å². The molecule has 2 aromatic rings. The van der Waals surface area contributed by atoms with Crippen molar-refractivity contribution < 1.29 is 13.9 Å². The zero-order valence-corrected chi connectivity index (χ0v) is 16.9. The molecule has 2 heterocycles. The van der Waals surface area contributed by atoms with Crippen LogP contribution in [0, 0.1) is 5.82 Å². The van der Waals surface area contributed by atoms with Crippen molar-refractivity contribution in [3.63, 3.8) is 0 Å². The number of anilines is 1. The van der Waals surface area contributed by atoms with Gasteiger partial charge < -0.3 is 10.1 Å². The molecule has 0 unspecified atom stereocenters. The van der Waals surface area contributed by atoms with Crippen LogP contribution >= 0.6 is 0 Å². The number of aromatic nitrogens is 2. The highest BCUT2D eigenvalue weighted by molar-refractivity contribution is 6.04. The van der Waals surface area contributed by atoms with Crippen LogP contribution in [0.4, 0.5) is 10.1 Å². The lowest BCUT2D eigenvalue weighted by molar-refractivity contribution is 0.0746. The largest absolute Gasteiger partial charge is 0.383 e. The monoisotopic (exact) mass is 400 g/mol. The Hall–Kier alpha value is -2.25. The van der Waals surface area contributed by atoms with E-state index in [0.29, 0.717) is 23.3 Å². The molecule has 1 aromatic heterocycles. The molecular weight excluding hydrogens is 371 g/mol. The van der Waals surface area contributed by atoms with Crippen LogP contribution in [0.1, 0.15) is 54.9 Å². The number of benzene rings is 1. The van der Waals surface area contributed by atoms with Gasteiger partial charge in [-0.15, -0.1) is 0 Å². The Morgan fingerprint density at radius 3 is 2.86 bits per heavy atom. The number of hydrogen-bond acceptors (Lipinski definition) is 4. The lowest BCUT2D eigenvalue weighted by atomic mass is 9.94. The summed E-state index contributed by atoms with van der Waals surface area (Å²) in [5.74, 6) is -0.761. The third kappa shape index (κ3) is 4.67. The van der Waals surface area contributed by atoms with E-state index in [1.807, 2.05) is 10.9 Å².